The molecule has 1 aliphatic rings. The van der Waals surface area contributed by atoms with Crippen molar-refractivity contribution in [2.24, 2.45) is 0 Å². The Morgan fingerprint density at radius 3 is 2.72 bits per heavy atom. The van der Waals surface area contributed by atoms with Crippen molar-refractivity contribution in [3.63, 3.8) is 0 Å². The van der Waals surface area contributed by atoms with Crippen molar-refractivity contribution in [1.82, 2.24) is 0 Å². The fraction of sp³-hybridized carbons (Fsp3) is 0.533. The Morgan fingerprint density at radius 2 is 2.00 bits per heavy atom. The van der Waals surface area contributed by atoms with Gasteiger partial charge >= 0.3 is 5.97 Å². The van der Waals surface area contributed by atoms with Crippen molar-refractivity contribution in [1.29, 1.82) is 0 Å². The second-order valence-electron chi connectivity index (χ2n) is 4.80. The number of hydrogen-bond donors (Lipinski definition) is 0. The van der Waals surface area contributed by atoms with Gasteiger partial charge in [0.15, 0.2) is 0 Å². The lowest BCUT2D eigenvalue weighted by Crippen LogP contribution is -2.21. The summed E-state index contributed by atoms with van der Waals surface area (Å²) in [6, 6.07) is 8.13. The van der Waals surface area contributed by atoms with Crippen molar-refractivity contribution in [2.75, 3.05) is 5.75 Å². The number of hydrogen-bond acceptors (Lipinski definition) is 3. The zero-order chi connectivity index (χ0) is 12.8. The lowest BCUT2D eigenvalue weighted by Gasteiger charge is -2.21. The number of esters is 1. The fourth-order valence-electron chi connectivity index (χ4n) is 2.26. The highest BCUT2D eigenvalue weighted by molar-refractivity contribution is 8.00. The van der Waals surface area contributed by atoms with Crippen molar-refractivity contribution in [3.05, 3.63) is 29.8 Å². The quantitative estimate of drug-likeness (QED) is 0.608. The summed E-state index contributed by atoms with van der Waals surface area (Å²) >= 11 is 1.57. The molecule has 0 saturated heterocycles. The van der Waals surface area contributed by atoms with Crippen LogP contribution in [-0.2, 0) is 9.53 Å². The molecular weight excluding hydrogens is 244 g/mol. The molecule has 1 aliphatic carbocycles. The van der Waals surface area contributed by atoms with Gasteiger partial charge in [0.05, 0.1) is 5.75 Å². The van der Waals surface area contributed by atoms with Gasteiger partial charge in [-0.15, -0.1) is 11.8 Å². The predicted molar refractivity (Wildman–Crippen MR) is 74.9 cm³/mol. The molecule has 1 saturated carbocycles. The molecule has 0 spiro atoms. The Kier molecular flexibility index (Phi) is 5.12. The van der Waals surface area contributed by atoms with Gasteiger partial charge < -0.3 is 4.74 Å². The zero-order valence-electron chi connectivity index (χ0n) is 10.9. The maximum Gasteiger partial charge on any atom is 0.316 e. The van der Waals surface area contributed by atoms with Gasteiger partial charge in [-0.05, 0) is 44.2 Å². The van der Waals surface area contributed by atoms with Crippen LogP contribution in [0.15, 0.2) is 29.2 Å². The van der Waals surface area contributed by atoms with Gasteiger partial charge in [-0.1, -0.05) is 24.6 Å². The van der Waals surface area contributed by atoms with E-state index in [4.69, 9.17) is 4.74 Å². The van der Waals surface area contributed by atoms with Crippen LogP contribution in [-0.4, -0.2) is 17.8 Å². The Morgan fingerprint density at radius 1 is 1.28 bits per heavy atom. The molecule has 3 heteroatoms. The number of thioether (sulfide) groups is 1. The maximum atomic E-state index is 11.8. The van der Waals surface area contributed by atoms with E-state index < -0.39 is 0 Å². The summed E-state index contributed by atoms with van der Waals surface area (Å²) < 4.78 is 5.49. The summed E-state index contributed by atoms with van der Waals surface area (Å²) in [6.45, 7) is 2.06. The number of rotatable bonds is 4. The van der Waals surface area contributed by atoms with Crippen LogP contribution < -0.4 is 0 Å². The van der Waals surface area contributed by atoms with Gasteiger partial charge in [0.2, 0.25) is 0 Å². The molecule has 0 atom stereocenters. The molecule has 98 valence electrons. The Bertz CT molecular complexity index is 397. The molecule has 0 unspecified atom stereocenters. The normalized spacial score (nSPS) is 16.5. The number of carbonyl (C=O) groups is 1. The Labute approximate surface area is 113 Å². The molecule has 1 fully saturated rings. The van der Waals surface area contributed by atoms with Gasteiger partial charge in [-0.25, -0.2) is 0 Å². The van der Waals surface area contributed by atoms with Crippen LogP contribution in [0.25, 0.3) is 0 Å². The molecule has 1 aromatic rings. The molecule has 0 amide bonds. The summed E-state index contributed by atoms with van der Waals surface area (Å²) in [6.07, 6.45) is 5.93. The minimum Gasteiger partial charge on any atom is -0.462 e. The highest BCUT2D eigenvalue weighted by Gasteiger charge is 2.17. The van der Waals surface area contributed by atoms with Gasteiger partial charge in [0.25, 0.3) is 0 Å². The van der Waals surface area contributed by atoms with E-state index in [0.29, 0.717) is 5.75 Å². The van der Waals surface area contributed by atoms with Crippen LogP contribution in [0.5, 0.6) is 0 Å². The van der Waals surface area contributed by atoms with Crippen LogP contribution in [0.2, 0.25) is 0 Å². The number of benzene rings is 1. The monoisotopic (exact) mass is 264 g/mol. The average Bonchev–Trinajstić information content (AvgIpc) is 2.39. The van der Waals surface area contributed by atoms with E-state index in [2.05, 4.69) is 13.0 Å². The summed E-state index contributed by atoms with van der Waals surface area (Å²) in [5.74, 6) is 0.344. The third-order valence-corrected chi connectivity index (χ3v) is 4.44. The standard InChI is InChI=1S/C15H20O2S/c1-12-7-5-6-10-14(12)18-11-15(16)17-13-8-3-2-4-9-13/h5-7,10,13H,2-4,8-9,11H2,1H3. The molecule has 2 rings (SSSR count). The molecule has 0 radical (unpaired) electrons. The van der Waals surface area contributed by atoms with Crippen molar-refractivity contribution < 1.29 is 9.53 Å². The minimum atomic E-state index is -0.0739. The van der Waals surface area contributed by atoms with Crippen LogP contribution in [0.4, 0.5) is 0 Å². The van der Waals surface area contributed by atoms with E-state index in [1.807, 2.05) is 18.2 Å². The second-order valence-corrected chi connectivity index (χ2v) is 5.82. The summed E-state index contributed by atoms with van der Waals surface area (Å²) in [5.41, 5.74) is 1.22. The first kappa shape index (κ1) is 13.5. The molecule has 0 N–H and O–H groups in total. The molecule has 0 bridgehead atoms. The van der Waals surface area contributed by atoms with E-state index >= 15 is 0 Å². The van der Waals surface area contributed by atoms with Gasteiger partial charge in [0.1, 0.15) is 6.10 Å². The molecule has 18 heavy (non-hydrogen) atoms. The first-order valence-electron chi connectivity index (χ1n) is 6.63. The van der Waals surface area contributed by atoms with Crippen molar-refractivity contribution in [3.8, 4) is 0 Å². The van der Waals surface area contributed by atoms with E-state index in [1.54, 1.807) is 11.8 Å². The molecule has 1 aromatic carbocycles. The number of ether oxygens (including phenoxy) is 1. The Hall–Kier alpha value is -0.960. The first-order valence-corrected chi connectivity index (χ1v) is 7.62. The lowest BCUT2D eigenvalue weighted by molar-refractivity contribution is -0.147. The SMILES string of the molecule is Cc1ccccc1SCC(=O)OC1CCCCC1. The molecule has 0 heterocycles. The zero-order valence-corrected chi connectivity index (χ0v) is 11.7. The van der Waals surface area contributed by atoms with E-state index in [0.717, 1.165) is 17.7 Å². The summed E-state index contributed by atoms with van der Waals surface area (Å²) in [5, 5.41) is 0. The second kappa shape index (κ2) is 6.83. The summed E-state index contributed by atoms with van der Waals surface area (Å²) in [4.78, 5) is 12.9. The van der Waals surface area contributed by atoms with E-state index in [-0.39, 0.29) is 12.1 Å². The van der Waals surface area contributed by atoms with Gasteiger partial charge in [0, 0.05) is 4.90 Å². The minimum absolute atomic E-state index is 0.0739. The highest BCUT2D eigenvalue weighted by atomic mass is 32.2. The first-order chi connectivity index (χ1) is 8.75. The van der Waals surface area contributed by atoms with Crippen molar-refractivity contribution >= 4 is 17.7 Å². The smallest absolute Gasteiger partial charge is 0.316 e. The molecular formula is C15H20O2S. The third kappa shape index (κ3) is 4.05. The number of carbonyl (C=O) groups excluding carboxylic acids is 1. The predicted octanol–water partition coefficient (Wildman–Crippen LogP) is 3.96. The van der Waals surface area contributed by atoms with E-state index in [9.17, 15) is 4.79 Å². The van der Waals surface area contributed by atoms with Gasteiger partial charge in [-0.2, -0.15) is 0 Å². The number of aryl methyl sites for hydroxylation is 1. The lowest BCUT2D eigenvalue weighted by atomic mass is 9.98. The summed E-state index contributed by atoms with van der Waals surface area (Å²) in [7, 11) is 0. The fourth-order valence-corrected chi connectivity index (χ4v) is 3.07. The average molecular weight is 264 g/mol. The Balaban J connectivity index is 1.76. The van der Waals surface area contributed by atoms with Gasteiger partial charge in [-0.3, -0.25) is 4.79 Å². The topological polar surface area (TPSA) is 26.3 Å². The van der Waals surface area contributed by atoms with Crippen LogP contribution in [0.3, 0.4) is 0 Å². The molecule has 2 nitrogen and oxygen atoms in total. The van der Waals surface area contributed by atoms with Crippen LogP contribution in [0.1, 0.15) is 37.7 Å². The highest BCUT2D eigenvalue weighted by Crippen LogP contribution is 2.24. The maximum absolute atomic E-state index is 11.8. The van der Waals surface area contributed by atoms with Crippen LogP contribution >= 0.6 is 11.8 Å². The molecule has 0 aliphatic heterocycles. The van der Waals surface area contributed by atoms with Crippen molar-refractivity contribution in [2.45, 2.75) is 50.0 Å². The van der Waals surface area contributed by atoms with Crippen LogP contribution in [0, 0.1) is 6.92 Å². The largest absolute Gasteiger partial charge is 0.462 e. The van der Waals surface area contributed by atoms with E-state index in [1.165, 1.54) is 24.8 Å². The third-order valence-electron chi connectivity index (χ3n) is 3.29. The molecule has 0 aromatic heterocycles.